The number of hydrogen-bond acceptors (Lipinski definition) is 5. The molecule has 0 saturated carbocycles. The highest BCUT2D eigenvalue weighted by Crippen LogP contribution is 2.26. The van der Waals surface area contributed by atoms with E-state index in [1.165, 1.54) is 0 Å². The van der Waals surface area contributed by atoms with Gasteiger partial charge in [0.25, 0.3) is 0 Å². The molecule has 6 nitrogen and oxygen atoms in total. The Kier molecular flexibility index (Phi) is 5.19. The Balaban J connectivity index is 2.07. The van der Waals surface area contributed by atoms with Crippen LogP contribution in [0.3, 0.4) is 0 Å². The smallest absolute Gasteiger partial charge is 0.244 e. The number of carbonyl (C=O) groups excluding carboxylic acids is 1. The fourth-order valence-corrected chi connectivity index (χ4v) is 4.57. The van der Waals surface area contributed by atoms with Crippen LogP contribution < -0.4 is 10.1 Å². The number of sulfone groups is 1. The SMILES string of the molecule is COc1ccc(C)cc1N[C@@H](C)C(=O)N(C)[C@H]1CCS(=O)(=O)C1. The minimum absolute atomic E-state index is 0.0513. The molecular weight excluding hydrogens is 316 g/mol. The van der Waals surface area contributed by atoms with Crippen molar-refractivity contribution in [2.24, 2.45) is 0 Å². The van der Waals surface area contributed by atoms with Gasteiger partial charge in [0.15, 0.2) is 9.84 Å². The van der Waals surface area contributed by atoms with Crippen molar-refractivity contribution in [1.82, 2.24) is 4.90 Å². The van der Waals surface area contributed by atoms with Crippen LogP contribution in [0.2, 0.25) is 0 Å². The van der Waals surface area contributed by atoms with Crippen LogP contribution in [0.5, 0.6) is 5.75 Å². The number of amides is 1. The third-order valence-corrected chi connectivity index (χ3v) is 5.95. The lowest BCUT2D eigenvalue weighted by Crippen LogP contribution is -2.45. The van der Waals surface area contributed by atoms with Gasteiger partial charge >= 0.3 is 0 Å². The lowest BCUT2D eigenvalue weighted by Gasteiger charge is -2.27. The molecule has 1 aliphatic rings. The third kappa shape index (κ3) is 4.16. The molecule has 1 N–H and O–H groups in total. The Morgan fingerprint density at radius 2 is 2.13 bits per heavy atom. The summed E-state index contributed by atoms with van der Waals surface area (Å²) in [6, 6.07) is 4.99. The number of anilines is 1. The number of nitrogens with zero attached hydrogens (tertiary/aromatic N) is 1. The molecule has 1 aromatic carbocycles. The fraction of sp³-hybridized carbons (Fsp3) is 0.562. The number of aryl methyl sites for hydroxylation is 1. The van der Waals surface area contributed by atoms with Crippen molar-refractivity contribution in [2.75, 3.05) is 31.0 Å². The van der Waals surface area contributed by atoms with Crippen LogP contribution in [0.4, 0.5) is 5.69 Å². The van der Waals surface area contributed by atoms with Crippen molar-refractivity contribution in [2.45, 2.75) is 32.4 Å². The largest absolute Gasteiger partial charge is 0.495 e. The summed E-state index contributed by atoms with van der Waals surface area (Å²) in [5, 5.41) is 3.16. The van der Waals surface area contributed by atoms with Gasteiger partial charge in [0.2, 0.25) is 5.91 Å². The van der Waals surface area contributed by atoms with Crippen LogP contribution in [0.1, 0.15) is 18.9 Å². The van der Waals surface area contributed by atoms with Crippen LogP contribution >= 0.6 is 0 Å². The molecule has 128 valence electrons. The molecule has 2 atom stereocenters. The molecule has 0 unspecified atom stereocenters. The zero-order valence-corrected chi connectivity index (χ0v) is 14.8. The number of carbonyl (C=O) groups is 1. The monoisotopic (exact) mass is 340 g/mol. The normalized spacial score (nSPS) is 20.8. The van der Waals surface area contributed by atoms with Crippen LogP contribution in [0.15, 0.2) is 18.2 Å². The number of nitrogens with one attached hydrogen (secondary N) is 1. The van der Waals surface area contributed by atoms with Gasteiger partial charge in [-0.2, -0.15) is 0 Å². The summed E-state index contributed by atoms with van der Waals surface area (Å²) in [6.07, 6.45) is 0.505. The Morgan fingerprint density at radius 3 is 2.70 bits per heavy atom. The summed E-state index contributed by atoms with van der Waals surface area (Å²) in [4.78, 5) is 14.1. The molecule has 0 spiro atoms. The number of likely N-dealkylation sites (N-methyl/N-ethyl adjacent to an activating group) is 1. The molecular formula is C16H24N2O4S. The number of benzene rings is 1. The molecule has 0 aliphatic carbocycles. The average Bonchev–Trinajstić information content (AvgIpc) is 2.86. The van der Waals surface area contributed by atoms with Crippen LogP contribution in [0, 0.1) is 6.92 Å². The van der Waals surface area contributed by atoms with E-state index < -0.39 is 15.9 Å². The Labute approximate surface area is 137 Å². The first-order valence-corrected chi connectivity index (χ1v) is 9.44. The van der Waals surface area contributed by atoms with E-state index in [4.69, 9.17) is 4.74 Å². The number of ether oxygens (including phenoxy) is 1. The van der Waals surface area contributed by atoms with E-state index in [9.17, 15) is 13.2 Å². The molecule has 0 aromatic heterocycles. The lowest BCUT2D eigenvalue weighted by molar-refractivity contribution is -0.132. The molecule has 1 aromatic rings. The van der Waals surface area contributed by atoms with Crippen molar-refractivity contribution in [3.63, 3.8) is 0 Å². The van der Waals surface area contributed by atoms with Gasteiger partial charge in [-0.15, -0.1) is 0 Å². The highest BCUT2D eigenvalue weighted by molar-refractivity contribution is 7.91. The Hall–Kier alpha value is -1.76. The molecule has 0 radical (unpaired) electrons. The molecule has 1 heterocycles. The molecule has 1 fully saturated rings. The first kappa shape index (κ1) is 17.6. The molecule has 1 aliphatic heterocycles. The quantitative estimate of drug-likeness (QED) is 0.878. The molecule has 1 saturated heterocycles. The minimum Gasteiger partial charge on any atom is -0.495 e. The van der Waals surface area contributed by atoms with Crippen molar-refractivity contribution in [1.29, 1.82) is 0 Å². The minimum atomic E-state index is -3.01. The fourth-order valence-electron chi connectivity index (χ4n) is 2.80. The average molecular weight is 340 g/mol. The Bertz CT molecular complexity index is 687. The van der Waals surface area contributed by atoms with E-state index in [1.54, 1.807) is 26.0 Å². The zero-order valence-electron chi connectivity index (χ0n) is 14.0. The van der Waals surface area contributed by atoms with E-state index in [-0.39, 0.29) is 23.5 Å². The van der Waals surface area contributed by atoms with E-state index in [0.717, 1.165) is 11.3 Å². The van der Waals surface area contributed by atoms with Crippen molar-refractivity contribution in [3.05, 3.63) is 23.8 Å². The number of hydrogen-bond donors (Lipinski definition) is 1. The van der Waals surface area contributed by atoms with Gasteiger partial charge in [-0.05, 0) is 38.0 Å². The van der Waals surface area contributed by atoms with E-state index >= 15 is 0 Å². The van der Waals surface area contributed by atoms with Crippen molar-refractivity contribution in [3.8, 4) is 5.75 Å². The summed E-state index contributed by atoms with van der Waals surface area (Å²) in [6.45, 7) is 3.73. The van der Waals surface area contributed by atoms with Crippen LogP contribution in [-0.4, -0.2) is 57.0 Å². The van der Waals surface area contributed by atoms with Gasteiger partial charge in [-0.25, -0.2) is 8.42 Å². The van der Waals surface area contributed by atoms with E-state index in [1.807, 2.05) is 25.1 Å². The standard InChI is InChI=1S/C16H24N2O4S/c1-11-5-6-15(22-4)14(9-11)17-12(2)16(19)18(3)13-7-8-23(20,21)10-13/h5-6,9,12-13,17H,7-8,10H2,1-4H3/t12-,13-/m0/s1. The number of methoxy groups -OCH3 is 1. The highest BCUT2D eigenvalue weighted by atomic mass is 32.2. The molecule has 0 bridgehead atoms. The summed E-state index contributed by atoms with van der Waals surface area (Å²) in [5.41, 5.74) is 1.81. The lowest BCUT2D eigenvalue weighted by atomic mass is 10.1. The van der Waals surface area contributed by atoms with Gasteiger partial charge in [0.05, 0.1) is 24.3 Å². The summed E-state index contributed by atoms with van der Waals surface area (Å²) in [5.74, 6) is 0.746. The van der Waals surface area contributed by atoms with Gasteiger partial charge in [0, 0.05) is 13.1 Å². The van der Waals surface area contributed by atoms with Crippen LogP contribution in [-0.2, 0) is 14.6 Å². The molecule has 7 heteroatoms. The maximum atomic E-state index is 12.6. The summed E-state index contributed by atoms with van der Waals surface area (Å²) < 4.78 is 28.5. The summed E-state index contributed by atoms with van der Waals surface area (Å²) >= 11 is 0. The van der Waals surface area contributed by atoms with Crippen molar-refractivity contribution >= 4 is 21.4 Å². The second-order valence-electron chi connectivity index (χ2n) is 6.08. The summed E-state index contributed by atoms with van der Waals surface area (Å²) in [7, 11) is 0.238. The van der Waals surface area contributed by atoms with E-state index in [0.29, 0.717) is 12.2 Å². The van der Waals surface area contributed by atoms with Gasteiger partial charge in [0.1, 0.15) is 11.8 Å². The molecule has 1 amide bonds. The van der Waals surface area contributed by atoms with Gasteiger partial charge in [-0.3, -0.25) is 4.79 Å². The van der Waals surface area contributed by atoms with Crippen LogP contribution in [0.25, 0.3) is 0 Å². The third-order valence-electron chi connectivity index (χ3n) is 4.20. The molecule has 23 heavy (non-hydrogen) atoms. The first-order chi connectivity index (χ1) is 10.7. The van der Waals surface area contributed by atoms with Gasteiger partial charge < -0.3 is 15.0 Å². The highest BCUT2D eigenvalue weighted by Gasteiger charge is 2.34. The number of rotatable bonds is 5. The first-order valence-electron chi connectivity index (χ1n) is 7.62. The van der Waals surface area contributed by atoms with Crippen molar-refractivity contribution < 1.29 is 17.9 Å². The zero-order chi connectivity index (χ0) is 17.2. The Morgan fingerprint density at radius 1 is 1.43 bits per heavy atom. The second-order valence-corrected chi connectivity index (χ2v) is 8.30. The van der Waals surface area contributed by atoms with E-state index in [2.05, 4.69) is 5.32 Å². The predicted octanol–water partition coefficient (Wildman–Crippen LogP) is 1.45. The second kappa shape index (κ2) is 6.78. The topological polar surface area (TPSA) is 75.7 Å². The predicted molar refractivity (Wildman–Crippen MR) is 90.6 cm³/mol. The molecule has 2 rings (SSSR count). The maximum absolute atomic E-state index is 12.6. The maximum Gasteiger partial charge on any atom is 0.244 e. The van der Waals surface area contributed by atoms with Gasteiger partial charge in [-0.1, -0.05) is 6.07 Å².